The van der Waals surface area contributed by atoms with E-state index < -0.39 is 9.84 Å². The second kappa shape index (κ2) is 6.17. The molecule has 0 saturated heterocycles. The summed E-state index contributed by atoms with van der Waals surface area (Å²) in [6.45, 7) is 2.08. The molecular formula is C13H21NO2S. The minimum absolute atomic E-state index is 0.257. The molecule has 0 saturated carbocycles. The topological polar surface area (TPSA) is 60.2 Å². The first-order valence-electron chi connectivity index (χ1n) is 5.98. The molecule has 0 heterocycles. The van der Waals surface area contributed by atoms with Crippen molar-refractivity contribution in [3.8, 4) is 0 Å². The third-order valence-electron chi connectivity index (χ3n) is 2.89. The van der Waals surface area contributed by atoms with Gasteiger partial charge in [0.1, 0.15) is 0 Å². The Morgan fingerprint density at radius 2 is 2.06 bits per heavy atom. The highest BCUT2D eigenvalue weighted by Crippen LogP contribution is 2.14. The molecule has 0 spiro atoms. The maximum Gasteiger partial charge on any atom is 0.175 e. The van der Waals surface area contributed by atoms with Crippen molar-refractivity contribution in [3.63, 3.8) is 0 Å². The van der Waals surface area contributed by atoms with E-state index in [0.29, 0.717) is 4.90 Å². The van der Waals surface area contributed by atoms with Crippen molar-refractivity contribution in [2.45, 2.75) is 43.5 Å². The quantitative estimate of drug-likeness (QED) is 0.847. The fourth-order valence-electron chi connectivity index (χ4n) is 1.70. The van der Waals surface area contributed by atoms with Gasteiger partial charge in [-0.05, 0) is 43.4 Å². The molecular weight excluding hydrogens is 234 g/mol. The Morgan fingerprint density at radius 3 is 2.65 bits per heavy atom. The lowest BCUT2D eigenvalue weighted by atomic mass is 10.0. The van der Waals surface area contributed by atoms with E-state index in [2.05, 4.69) is 6.92 Å². The molecule has 0 fully saturated rings. The predicted octanol–water partition coefficient (Wildman–Crippen LogP) is 2.15. The van der Waals surface area contributed by atoms with Crippen LogP contribution in [0.5, 0.6) is 0 Å². The van der Waals surface area contributed by atoms with Crippen LogP contribution in [-0.4, -0.2) is 20.7 Å². The molecule has 1 aromatic rings. The standard InChI is InChI=1S/C13H21NO2S/c1-3-12(14)8-4-6-11-7-5-9-13(10-11)17(2,15)16/h5,7,9-10,12H,3-4,6,8,14H2,1-2H3. The van der Waals surface area contributed by atoms with E-state index in [1.807, 2.05) is 6.07 Å². The van der Waals surface area contributed by atoms with E-state index in [4.69, 9.17) is 5.73 Å². The Labute approximate surface area is 104 Å². The summed E-state index contributed by atoms with van der Waals surface area (Å²) in [7, 11) is -3.10. The molecule has 0 aliphatic carbocycles. The Balaban J connectivity index is 2.61. The van der Waals surface area contributed by atoms with Gasteiger partial charge in [-0.25, -0.2) is 8.42 Å². The number of sulfone groups is 1. The van der Waals surface area contributed by atoms with E-state index in [9.17, 15) is 8.42 Å². The Kier molecular flexibility index (Phi) is 5.15. The van der Waals surface area contributed by atoms with Crippen LogP contribution in [0.4, 0.5) is 0 Å². The number of hydrogen-bond acceptors (Lipinski definition) is 3. The molecule has 17 heavy (non-hydrogen) atoms. The van der Waals surface area contributed by atoms with Crippen LogP contribution in [0.15, 0.2) is 29.2 Å². The first kappa shape index (κ1) is 14.2. The van der Waals surface area contributed by atoms with Crippen molar-refractivity contribution in [1.82, 2.24) is 0 Å². The third-order valence-corrected chi connectivity index (χ3v) is 4.00. The van der Waals surface area contributed by atoms with Gasteiger partial charge in [0.2, 0.25) is 0 Å². The number of aryl methyl sites for hydroxylation is 1. The van der Waals surface area contributed by atoms with Crippen LogP contribution in [0.25, 0.3) is 0 Å². The zero-order valence-electron chi connectivity index (χ0n) is 10.5. The van der Waals surface area contributed by atoms with E-state index in [1.165, 1.54) is 6.26 Å². The van der Waals surface area contributed by atoms with E-state index >= 15 is 0 Å². The first-order chi connectivity index (χ1) is 7.93. The Morgan fingerprint density at radius 1 is 1.35 bits per heavy atom. The van der Waals surface area contributed by atoms with Gasteiger partial charge >= 0.3 is 0 Å². The Bertz CT molecular complexity index is 454. The molecule has 0 aliphatic heterocycles. The number of hydrogen-bond donors (Lipinski definition) is 1. The molecule has 1 aromatic carbocycles. The maximum absolute atomic E-state index is 11.4. The van der Waals surface area contributed by atoms with Gasteiger partial charge < -0.3 is 5.73 Å². The number of rotatable bonds is 6. The first-order valence-corrected chi connectivity index (χ1v) is 7.87. The summed E-state index contributed by atoms with van der Waals surface area (Å²) in [5, 5.41) is 0. The summed E-state index contributed by atoms with van der Waals surface area (Å²) >= 11 is 0. The molecule has 1 rings (SSSR count). The maximum atomic E-state index is 11.4. The molecule has 1 atom stereocenters. The van der Waals surface area contributed by atoms with Crippen molar-refractivity contribution in [1.29, 1.82) is 0 Å². The summed E-state index contributed by atoms with van der Waals surface area (Å²) in [6.07, 6.45) is 5.10. The lowest BCUT2D eigenvalue weighted by molar-refractivity contribution is 0.568. The summed E-state index contributed by atoms with van der Waals surface area (Å²) < 4.78 is 22.8. The van der Waals surface area contributed by atoms with Crippen molar-refractivity contribution in [3.05, 3.63) is 29.8 Å². The molecule has 1 unspecified atom stereocenters. The summed E-state index contributed by atoms with van der Waals surface area (Å²) in [4.78, 5) is 0.398. The van der Waals surface area contributed by atoms with Crippen molar-refractivity contribution in [2.24, 2.45) is 5.73 Å². The SMILES string of the molecule is CCC(N)CCCc1cccc(S(C)(=O)=O)c1. The zero-order valence-corrected chi connectivity index (χ0v) is 11.3. The number of nitrogens with two attached hydrogens (primary N) is 1. The van der Waals surface area contributed by atoms with Crippen LogP contribution in [0.1, 0.15) is 31.7 Å². The second-order valence-corrected chi connectivity index (χ2v) is 6.50. The van der Waals surface area contributed by atoms with E-state index in [-0.39, 0.29) is 6.04 Å². The summed E-state index contributed by atoms with van der Waals surface area (Å²) in [5.41, 5.74) is 6.91. The van der Waals surface area contributed by atoms with Gasteiger partial charge in [-0.1, -0.05) is 19.1 Å². The smallest absolute Gasteiger partial charge is 0.175 e. The molecule has 3 nitrogen and oxygen atoms in total. The average molecular weight is 255 g/mol. The summed E-state index contributed by atoms with van der Waals surface area (Å²) in [5.74, 6) is 0. The predicted molar refractivity (Wildman–Crippen MR) is 70.8 cm³/mol. The highest BCUT2D eigenvalue weighted by molar-refractivity contribution is 7.90. The van der Waals surface area contributed by atoms with Gasteiger partial charge in [-0.2, -0.15) is 0 Å². The van der Waals surface area contributed by atoms with Gasteiger partial charge in [0.05, 0.1) is 4.90 Å². The average Bonchev–Trinajstić information content (AvgIpc) is 2.28. The molecule has 0 radical (unpaired) electrons. The van der Waals surface area contributed by atoms with Crippen LogP contribution in [0.2, 0.25) is 0 Å². The fraction of sp³-hybridized carbons (Fsp3) is 0.538. The highest BCUT2D eigenvalue weighted by atomic mass is 32.2. The molecule has 0 bridgehead atoms. The normalized spacial score (nSPS) is 13.6. The van der Waals surface area contributed by atoms with E-state index in [1.54, 1.807) is 18.2 Å². The lowest BCUT2D eigenvalue weighted by Crippen LogP contribution is -2.18. The Hall–Kier alpha value is -0.870. The van der Waals surface area contributed by atoms with Crippen molar-refractivity contribution < 1.29 is 8.42 Å². The van der Waals surface area contributed by atoms with Crippen LogP contribution in [0.3, 0.4) is 0 Å². The summed E-state index contributed by atoms with van der Waals surface area (Å²) in [6, 6.07) is 7.41. The van der Waals surface area contributed by atoms with Crippen LogP contribution < -0.4 is 5.73 Å². The molecule has 2 N–H and O–H groups in total. The van der Waals surface area contributed by atoms with Crippen LogP contribution in [0, 0.1) is 0 Å². The fourth-order valence-corrected chi connectivity index (χ4v) is 2.40. The highest BCUT2D eigenvalue weighted by Gasteiger charge is 2.07. The van der Waals surface area contributed by atoms with Crippen molar-refractivity contribution in [2.75, 3.05) is 6.26 Å². The zero-order chi connectivity index (χ0) is 12.9. The lowest BCUT2D eigenvalue weighted by Gasteiger charge is -2.08. The van der Waals surface area contributed by atoms with E-state index in [0.717, 1.165) is 31.2 Å². The molecule has 96 valence electrons. The molecule has 4 heteroatoms. The molecule has 0 amide bonds. The van der Waals surface area contributed by atoms with Gasteiger partial charge in [-0.15, -0.1) is 0 Å². The largest absolute Gasteiger partial charge is 0.328 e. The van der Waals surface area contributed by atoms with Gasteiger partial charge in [-0.3, -0.25) is 0 Å². The van der Waals surface area contributed by atoms with Gasteiger partial charge in [0.15, 0.2) is 9.84 Å². The molecule has 0 aromatic heterocycles. The third kappa shape index (κ3) is 4.88. The van der Waals surface area contributed by atoms with Crippen molar-refractivity contribution >= 4 is 9.84 Å². The van der Waals surface area contributed by atoms with Gasteiger partial charge in [0.25, 0.3) is 0 Å². The molecule has 0 aliphatic rings. The van der Waals surface area contributed by atoms with Crippen LogP contribution in [-0.2, 0) is 16.3 Å². The monoisotopic (exact) mass is 255 g/mol. The van der Waals surface area contributed by atoms with Crippen LogP contribution >= 0.6 is 0 Å². The number of benzene rings is 1. The minimum atomic E-state index is -3.10. The van der Waals surface area contributed by atoms with Gasteiger partial charge in [0, 0.05) is 12.3 Å². The minimum Gasteiger partial charge on any atom is -0.328 e. The second-order valence-electron chi connectivity index (χ2n) is 4.48.